The summed E-state index contributed by atoms with van der Waals surface area (Å²) in [6.45, 7) is 0.0146. The fourth-order valence-corrected chi connectivity index (χ4v) is 3.31. The Labute approximate surface area is 128 Å². The van der Waals surface area contributed by atoms with E-state index in [1.54, 1.807) is 0 Å². The highest BCUT2D eigenvalue weighted by Gasteiger charge is 2.27. The molecule has 0 aliphatic heterocycles. The average Bonchev–Trinajstić information content (AvgIpc) is 2.46. The molecule has 0 aromatic heterocycles. The molecule has 2 atom stereocenters. The molecule has 122 valence electrons. The van der Waals surface area contributed by atoms with E-state index in [1.807, 2.05) is 0 Å². The summed E-state index contributed by atoms with van der Waals surface area (Å²) in [6, 6.07) is 3.47. The SMILES string of the molecule is NS(=O)(=O)c1ccc(N[C@@H]2CCCC[C@@H]2CO)c([N+](=O)[O-])c1. The number of nitrogens with two attached hydrogens (primary N) is 1. The fourth-order valence-electron chi connectivity index (χ4n) is 2.78. The number of benzene rings is 1. The molecule has 0 spiro atoms. The third kappa shape index (κ3) is 3.73. The standard InChI is InChI=1S/C13H19N3O5S/c14-22(20,21)10-5-6-12(13(7-10)16(18)19)15-11-4-2-1-3-9(11)8-17/h5-7,9,11,15,17H,1-4,8H2,(H2,14,20,21)/t9-,11-/m1/s1. The monoisotopic (exact) mass is 329 g/mol. The minimum atomic E-state index is -4.00. The predicted octanol–water partition coefficient (Wildman–Crippen LogP) is 1.21. The molecule has 9 heteroatoms. The van der Waals surface area contributed by atoms with Crippen LogP contribution >= 0.6 is 0 Å². The second-order valence-electron chi connectivity index (χ2n) is 5.46. The molecule has 2 rings (SSSR count). The number of sulfonamides is 1. The van der Waals surface area contributed by atoms with Gasteiger partial charge in [-0.3, -0.25) is 10.1 Å². The van der Waals surface area contributed by atoms with Crippen LogP contribution in [-0.2, 0) is 10.0 Å². The van der Waals surface area contributed by atoms with Gasteiger partial charge in [0.25, 0.3) is 5.69 Å². The first-order valence-electron chi connectivity index (χ1n) is 7.01. The maximum absolute atomic E-state index is 11.3. The van der Waals surface area contributed by atoms with Crippen LogP contribution < -0.4 is 10.5 Å². The van der Waals surface area contributed by atoms with E-state index in [0.29, 0.717) is 0 Å². The maximum atomic E-state index is 11.3. The second kappa shape index (κ2) is 6.59. The van der Waals surface area contributed by atoms with Crippen LogP contribution in [0.2, 0.25) is 0 Å². The molecule has 0 saturated heterocycles. The molecule has 1 aromatic carbocycles. The third-order valence-electron chi connectivity index (χ3n) is 3.98. The first-order valence-corrected chi connectivity index (χ1v) is 8.56. The van der Waals surface area contributed by atoms with Crippen LogP contribution in [-0.4, -0.2) is 31.1 Å². The lowest BCUT2D eigenvalue weighted by molar-refractivity contribution is -0.384. The topological polar surface area (TPSA) is 136 Å². The van der Waals surface area contributed by atoms with E-state index in [4.69, 9.17) is 5.14 Å². The number of nitrogens with one attached hydrogen (secondary N) is 1. The normalized spacial score (nSPS) is 22.3. The molecule has 0 unspecified atom stereocenters. The molecular weight excluding hydrogens is 310 g/mol. The van der Waals surface area contributed by atoms with E-state index >= 15 is 0 Å². The predicted molar refractivity (Wildman–Crippen MR) is 80.9 cm³/mol. The molecule has 1 aliphatic carbocycles. The Hall–Kier alpha value is -1.71. The van der Waals surface area contributed by atoms with E-state index < -0.39 is 14.9 Å². The van der Waals surface area contributed by atoms with Crippen LogP contribution in [0.5, 0.6) is 0 Å². The number of rotatable bonds is 5. The average molecular weight is 329 g/mol. The molecule has 1 aliphatic rings. The van der Waals surface area contributed by atoms with Crippen molar-refractivity contribution in [1.82, 2.24) is 0 Å². The van der Waals surface area contributed by atoms with Crippen molar-refractivity contribution >= 4 is 21.4 Å². The van der Waals surface area contributed by atoms with Gasteiger partial charge in [0.1, 0.15) is 5.69 Å². The summed E-state index contributed by atoms with van der Waals surface area (Å²) in [6.07, 6.45) is 3.67. The summed E-state index contributed by atoms with van der Waals surface area (Å²) < 4.78 is 22.6. The van der Waals surface area contributed by atoms with Crippen molar-refractivity contribution in [1.29, 1.82) is 0 Å². The Morgan fingerprint density at radius 3 is 2.64 bits per heavy atom. The zero-order valence-electron chi connectivity index (χ0n) is 11.9. The Morgan fingerprint density at radius 2 is 2.05 bits per heavy atom. The van der Waals surface area contributed by atoms with Gasteiger partial charge in [0.05, 0.1) is 9.82 Å². The van der Waals surface area contributed by atoms with Crippen molar-refractivity contribution in [3.8, 4) is 0 Å². The Balaban J connectivity index is 2.32. The van der Waals surface area contributed by atoms with Crippen molar-refractivity contribution in [2.24, 2.45) is 11.1 Å². The van der Waals surface area contributed by atoms with E-state index in [1.165, 1.54) is 12.1 Å². The van der Waals surface area contributed by atoms with Gasteiger partial charge in [0, 0.05) is 24.6 Å². The molecule has 4 N–H and O–H groups in total. The van der Waals surface area contributed by atoms with Crippen molar-refractivity contribution in [2.75, 3.05) is 11.9 Å². The number of hydrogen-bond donors (Lipinski definition) is 3. The summed E-state index contributed by atoms with van der Waals surface area (Å²) in [7, 11) is -4.00. The Kier molecular flexibility index (Phi) is 4.99. The number of nitro benzene ring substituents is 1. The fraction of sp³-hybridized carbons (Fsp3) is 0.538. The molecule has 1 fully saturated rings. The van der Waals surface area contributed by atoms with Crippen LogP contribution in [0.4, 0.5) is 11.4 Å². The summed E-state index contributed by atoms with van der Waals surface area (Å²) in [5.41, 5.74) is -0.100. The van der Waals surface area contributed by atoms with Gasteiger partial charge in [-0.25, -0.2) is 13.6 Å². The first kappa shape index (κ1) is 16.7. The largest absolute Gasteiger partial charge is 0.396 e. The Bertz CT molecular complexity index is 662. The van der Waals surface area contributed by atoms with Crippen LogP contribution in [0.25, 0.3) is 0 Å². The highest BCUT2D eigenvalue weighted by atomic mass is 32.2. The van der Waals surface area contributed by atoms with E-state index in [0.717, 1.165) is 31.7 Å². The molecule has 22 heavy (non-hydrogen) atoms. The van der Waals surface area contributed by atoms with Crippen LogP contribution in [0.1, 0.15) is 25.7 Å². The highest BCUT2D eigenvalue weighted by molar-refractivity contribution is 7.89. The lowest BCUT2D eigenvalue weighted by atomic mass is 9.85. The summed E-state index contributed by atoms with van der Waals surface area (Å²) in [4.78, 5) is 10.2. The van der Waals surface area contributed by atoms with Gasteiger partial charge in [-0.1, -0.05) is 12.8 Å². The Morgan fingerprint density at radius 1 is 1.36 bits per heavy atom. The smallest absolute Gasteiger partial charge is 0.293 e. The van der Waals surface area contributed by atoms with Gasteiger partial charge in [0.15, 0.2) is 0 Å². The molecule has 8 nitrogen and oxygen atoms in total. The van der Waals surface area contributed by atoms with Gasteiger partial charge in [-0.2, -0.15) is 0 Å². The highest BCUT2D eigenvalue weighted by Crippen LogP contribution is 2.32. The number of nitrogens with zero attached hydrogens (tertiary/aromatic N) is 1. The quantitative estimate of drug-likeness (QED) is 0.548. The number of nitro groups is 1. The van der Waals surface area contributed by atoms with Gasteiger partial charge >= 0.3 is 0 Å². The van der Waals surface area contributed by atoms with Crippen LogP contribution in [0, 0.1) is 16.0 Å². The molecule has 1 saturated carbocycles. The van der Waals surface area contributed by atoms with Crippen LogP contribution in [0.15, 0.2) is 23.1 Å². The molecule has 0 radical (unpaired) electrons. The molecule has 0 amide bonds. The number of aliphatic hydroxyl groups excluding tert-OH is 1. The number of anilines is 1. The zero-order chi connectivity index (χ0) is 16.3. The third-order valence-corrected chi connectivity index (χ3v) is 4.89. The molecular formula is C13H19N3O5S. The van der Waals surface area contributed by atoms with E-state index in [-0.39, 0.29) is 34.8 Å². The maximum Gasteiger partial charge on any atom is 0.293 e. The van der Waals surface area contributed by atoms with Gasteiger partial charge < -0.3 is 10.4 Å². The minimum Gasteiger partial charge on any atom is -0.396 e. The van der Waals surface area contributed by atoms with Crippen molar-refractivity contribution in [3.05, 3.63) is 28.3 Å². The van der Waals surface area contributed by atoms with Crippen LogP contribution in [0.3, 0.4) is 0 Å². The summed E-state index contributed by atoms with van der Waals surface area (Å²) >= 11 is 0. The number of aliphatic hydroxyl groups is 1. The van der Waals surface area contributed by atoms with Crippen molar-refractivity contribution < 1.29 is 18.4 Å². The molecule has 0 bridgehead atoms. The van der Waals surface area contributed by atoms with Crippen molar-refractivity contribution in [2.45, 2.75) is 36.6 Å². The van der Waals surface area contributed by atoms with E-state index in [9.17, 15) is 23.6 Å². The van der Waals surface area contributed by atoms with Crippen molar-refractivity contribution in [3.63, 3.8) is 0 Å². The van der Waals surface area contributed by atoms with E-state index in [2.05, 4.69) is 5.32 Å². The minimum absolute atomic E-state index is 0.0146. The van der Waals surface area contributed by atoms with Gasteiger partial charge in [-0.05, 0) is 25.0 Å². The number of primary sulfonamides is 1. The summed E-state index contributed by atoms with van der Waals surface area (Å²) in [5.74, 6) is 0.0336. The van der Waals surface area contributed by atoms with Gasteiger partial charge in [0.2, 0.25) is 10.0 Å². The lowest BCUT2D eigenvalue weighted by Gasteiger charge is -2.31. The lowest BCUT2D eigenvalue weighted by Crippen LogP contribution is -2.34. The zero-order valence-corrected chi connectivity index (χ0v) is 12.8. The number of hydrogen-bond acceptors (Lipinski definition) is 6. The first-order chi connectivity index (χ1) is 10.3. The summed E-state index contributed by atoms with van der Waals surface area (Å²) in [5, 5.41) is 28.6. The second-order valence-corrected chi connectivity index (χ2v) is 7.02. The molecule has 1 aromatic rings. The van der Waals surface area contributed by atoms with Gasteiger partial charge in [-0.15, -0.1) is 0 Å². The molecule has 0 heterocycles.